The van der Waals surface area contributed by atoms with Gasteiger partial charge in [0.15, 0.2) is 0 Å². The van der Waals surface area contributed by atoms with Crippen molar-refractivity contribution in [3.8, 4) is 5.75 Å². The molecule has 0 spiro atoms. The number of nitro groups is 1. The van der Waals surface area contributed by atoms with E-state index < -0.39 is 4.92 Å². The Labute approximate surface area is 107 Å². The minimum Gasteiger partial charge on any atom is -0.496 e. The summed E-state index contributed by atoms with van der Waals surface area (Å²) < 4.78 is 5.05. The van der Waals surface area contributed by atoms with Crippen molar-refractivity contribution < 1.29 is 9.66 Å². The lowest BCUT2D eigenvalue weighted by atomic mass is 10.2. The Morgan fingerprint density at radius 3 is 2.72 bits per heavy atom. The van der Waals surface area contributed by atoms with Gasteiger partial charge in [-0.25, -0.2) is 0 Å². The zero-order valence-electron chi connectivity index (χ0n) is 10.9. The number of nitro benzene ring substituents is 1. The molecule has 1 aromatic rings. The number of methoxy groups -OCH3 is 1. The molecule has 5 nitrogen and oxygen atoms in total. The van der Waals surface area contributed by atoms with Crippen molar-refractivity contribution >= 4 is 5.69 Å². The van der Waals surface area contributed by atoms with Crippen LogP contribution in [-0.2, 0) is 6.54 Å². The number of non-ortho nitro benzene ring substituents is 1. The second kappa shape index (κ2) is 6.76. The Hall–Kier alpha value is -1.88. The molecular weight excluding hydrogens is 232 g/mol. The molecule has 0 amide bonds. The lowest BCUT2D eigenvalue weighted by Crippen LogP contribution is -2.13. The van der Waals surface area contributed by atoms with Gasteiger partial charge in [-0.05, 0) is 25.5 Å². The van der Waals surface area contributed by atoms with E-state index in [0.717, 1.165) is 12.1 Å². The topological polar surface area (TPSA) is 64.4 Å². The van der Waals surface area contributed by atoms with Crippen LogP contribution in [0.2, 0.25) is 0 Å². The van der Waals surface area contributed by atoms with Crippen molar-refractivity contribution in [1.29, 1.82) is 0 Å². The third-order valence-corrected chi connectivity index (χ3v) is 2.38. The van der Waals surface area contributed by atoms with Crippen LogP contribution >= 0.6 is 0 Å². The fourth-order valence-electron chi connectivity index (χ4n) is 1.46. The summed E-state index contributed by atoms with van der Waals surface area (Å²) in [5, 5.41) is 14.0. The molecule has 5 heteroatoms. The monoisotopic (exact) mass is 250 g/mol. The highest BCUT2D eigenvalue weighted by Gasteiger charge is 2.09. The van der Waals surface area contributed by atoms with Gasteiger partial charge in [0.25, 0.3) is 5.69 Å². The van der Waals surface area contributed by atoms with Crippen LogP contribution in [0.3, 0.4) is 0 Å². The van der Waals surface area contributed by atoms with E-state index in [-0.39, 0.29) is 5.69 Å². The average Bonchev–Trinajstić information content (AvgIpc) is 2.34. The molecular formula is C13H18N2O3. The summed E-state index contributed by atoms with van der Waals surface area (Å²) in [6.45, 7) is 5.37. The minimum absolute atomic E-state index is 0.0494. The molecule has 0 saturated carbocycles. The Bertz CT molecular complexity index is 452. The van der Waals surface area contributed by atoms with E-state index in [1.807, 2.05) is 13.8 Å². The quantitative estimate of drug-likeness (QED) is 0.365. The van der Waals surface area contributed by atoms with Crippen LogP contribution < -0.4 is 10.1 Å². The summed E-state index contributed by atoms with van der Waals surface area (Å²) in [5.74, 6) is 0.503. The van der Waals surface area contributed by atoms with Gasteiger partial charge in [-0.2, -0.15) is 0 Å². The van der Waals surface area contributed by atoms with E-state index in [4.69, 9.17) is 4.74 Å². The summed E-state index contributed by atoms with van der Waals surface area (Å²) >= 11 is 0. The molecule has 0 saturated heterocycles. The molecule has 0 aromatic heterocycles. The van der Waals surface area contributed by atoms with E-state index in [9.17, 15) is 10.1 Å². The SMILES string of the molecule is COc1cc(CNCC=C(C)C)cc([N+](=O)[O-])c1. The van der Waals surface area contributed by atoms with Crippen molar-refractivity contribution in [2.75, 3.05) is 13.7 Å². The molecule has 1 rings (SSSR count). The van der Waals surface area contributed by atoms with Crippen LogP contribution in [0.1, 0.15) is 19.4 Å². The second-order valence-electron chi connectivity index (χ2n) is 4.21. The minimum atomic E-state index is -0.415. The standard InChI is InChI=1S/C13H18N2O3/c1-10(2)4-5-14-9-11-6-12(15(16)17)8-13(7-11)18-3/h4,6-8,14H,5,9H2,1-3H3. The molecule has 0 bridgehead atoms. The third kappa shape index (κ3) is 4.55. The van der Waals surface area contributed by atoms with Crippen LogP contribution in [0.4, 0.5) is 5.69 Å². The zero-order chi connectivity index (χ0) is 13.5. The molecule has 0 aliphatic carbocycles. The smallest absolute Gasteiger partial charge is 0.273 e. The molecule has 1 aromatic carbocycles. The Morgan fingerprint density at radius 1 is 1.44 bits per heavy atom. The van der Waals surface area contributed by atoms with Gasteiger partial charge in [0.2, 0.25) is 0 Å². The van der Waals surface area contributed by atoms with Gasteiger partial charge in [-0.3, -0.25) is 10.1 Å². The molecule has 0 fully saturated rings. The number of allylic oxidation sites excluding steroid dienone is 1. The summed E-state index contributed by atoms with van der Waals surface area (Å²) in [6, 6.07) is 4.76. The number of rotatable bonds is 6. The Kier molecular flexibility index (Phi) is 5.32. The molecule has 0 aliphatic rings. The highest BCUT2D eigenvalue weighted by Crippen LogP contribution is 2.22. The van der Waals surface area contributed by atoms with Gasteiger partial charge in [0.05, 0.1) is 18.1 Å². The molecule has 0 radical (unpaired) electrons. The first kappa shape index (κ1) is 14.2. The predicted octanol–water partition coefficient (Wildman–Crippen LogP) is 2.66. The van der Waals surface area contributed by atoms with Gasteiger partial charge < -0.3 is 10.1 Å². The number of ether oxygens (including phenoxy) is 1. The van der Waals surface area contributed by atoms with Crippen molar-refractivity contribution in [3.63, 3.8) is 0 Å². The van der Waals surface area contributed by atoms with Crippen LogP contribution in [0.25, 0.3) is 0 Å². The highest BCUT2D eigenvalue weighted by molar-refractivity contribution is 5.42. The van der Waals surface area contributed by atoms with Gasteiger partial charge in [0.1, 0.15) is 5.75 Å². The van der Waals surface area contributed by atoms with E-state index in [1.54, 1.807) is 12.1 Å². The molecule has 0 unspecified atom stereocenters. The summed E-state index contributed by atoms with van der Waals surface area (Å²) in [4.78, 5) is 10.3. The normalized spacial score (nSPS) is 9.94. The molecule has 0 aliphatic heterocycles. The number of nitrogens with zero attached hydrogens (tertiary/aromatic N) is 1. The van der Waals surface area contributed by atoms with Crippen molar-refractivity contribution in [3.05, 3.63) is 45.5 Å². The largest absolute Gasteiger partial charge is 0.496 e. The van der Waals surface area contributed by atoms with Crippen LogP contribution in [0.15, 0.2) is 29.8 Å². The average molecular weight is 250 g/mol. The fraction of sp³-hybridized carbons (Fsp3) is 0.385. The van der Waals surface area contributed by atoms with Crippen molar-refractivity contribution in [2.45, 2.75) is 20.4 Å². The van der Waals surface area contributed by atoms with Gasteiger partial charge in [-0.1, -0.05) is 11.6 Å². The van der Waals surface area contributed by atoms with E-state index >= 15 is 0 Å². The first-order valence-electron chi connectivity index (χ1n) is 5.69. The zero-order valence-corrected chi connectivity index (χ0v) is 10.9. The summed E-state index contributed by atoms with van der Waals surface area (Å²) in [6.07, 6.45) is 2.06. The maximum absolute atomic E-state index is 10.8. The van der Waals surface area contributed by atoms with Gasteiger partial charge in [-0.15, -0.1) is 0 Å². The van der Waals surface area contributed by atoms with Gasteiger partial charge in [0, 0.05) is 19.2 Å². The maximum atomic E-state index is 10.8. The fourth-order valence-corrected chi connectivity index (χ4v) is 1.46. The lowest BCUT2D eigenvalue weighted by Gasteiger charge is -2.06. The first-order valence-corrected chi connectivity index (χ1v) is 5.69. The second-order valence-corrected chi connectivity index (χ2v) is 4.21. The van der Waals surface area contributed by atoms with E-state index in [1.165, 1.54) is 18.7 Å². The number of hydrogen-bond donors (Lipinski definition) is 1. The number of benzene rings is 1. The Balaban J connectivity index is 2.72. The van der Waals surface area contributed by atoms with Crippen LogP contribution in [-0.4, -0.2) is 18.6 Å². The van der Waals surface area contributed by atoms with E-state index in [2.05, 4.69) is 11.4 Å². The summed E-state index contributed by atoms with van der Waals surface area (Å²) in [5.41, 5.74) is 2.12. The van der Waals surface area contributed by atoms with Crippen molar-refractivity contribution in [1.82, 2.24) is 5.32 Å². The molecule has 18 heavy (non-hydrogen) atoms. The number of nitrogens with one attached hydrogen (secondary N) is 1. The Morgan fingerprint density at radius 2 is 2.17 bits per heavy atom. The molecule has 98 valence electrons. The van der Waals surface area contributed by atoms with Gasteiger partial charge >= 0.3 is 0 Å². The van der Waals surface area contributed by atoms with Crippen LogP contribution in [0, 0.1) is 10.1 Å². The number of hydrogen-bond acceptors (Lipinski definition) is 4. The van der Waals surface area contributed by atoms with Crippen molar-refractivity contribution in [2.24, 2.45) is 0 Å². The maximum Gasteiger partial charge on any atom is 0.273 e. The third-order valence-electron chi connectivity index (χ3n) is 2.38. The van der Waals surface area contributed by atoms with Crippen LogP contribution in [0.5, 0.6) is 5.75 Å². The molecule has 0 heterocycles. The highest BCUT2D eigenvalue weighted by atomic mass is 16.6. The predicted molar refractivity (Wildman–Crippen MR) is 70.8 cm³/mol. The summed E-state index contributed by atoms with van der Waals surface area (Å²) in [7, 11) is 1.50. The first-order chi connectivity index (χ1) is 8.52. The molecule has 1 N–H and O–H groups in total. The van der Waals surface area contributed by atoms with E-state index in [0.29, 0.717) is 12.3 Å². The lowest BCUT2D eigenvalue weighted by molar-refractivity contribution is -0.385. The molecule has 0 atom stereocenters.